The van der Waals surface area contributed by atoms with Gasteiger partial charge in [0.25, 0.3) is 0 Å². The quantitative estimate of drug-likeness (QED) is 0.263. The summed E-state index contributed by atoms with van der Waals surface area (Å²) in [5, 5.41) is 30.4. The van der Waals surface area contributed by atoms with Crippen molar-refractivity contribution in [2.24, 2.45) is 0 Å². The summed E-state index contributed by atoms with van der Waals surface area (Å²) in [6.07, 6.45) is 1.21. The number of phenols is 2. The Hall–Kier alpha value is -4.51. The van der Waals surface area contributed by atoms with Crippen LogP contribution in [0.1, 0.15) is 24.0 Å². The van der Waals surface area contributed by atoms with Crippen LogP contribution in [0.2, 0.25) is 0 Å². The third-order valence-electron chi connectivity index (χ3n) is 6.20. The molecule has 4 atom stereocenters. The molecule has 3 N–H and O–H groups in total. The van der Waals surface area contributed by atoms with Crippen molar-refractivity contribution in [1.82, 2.24) is 0 Å². The summed E-state index contributed by atoms with van der Waals surface area (Å²) < 4.78 is 26.1. The van der Waals surface area contributed by atoms with Gasteiger partial charge in [-0.25, -0.2) is 14.4 Å². The second kappa shape index (κ2) is 10.9. The van der Waals surface area contributed by atoms with E-state index in [1.807, 2.05) is 0 Å². The average Bonchev–Trinajstić information content (AvgIpc) is 3.13. The number of hydrogen-bond donors (Lipinski definition) is 3. The molecule has 0 radical (unpaired) electrons. The Bertz CT molecular complexity index is 1300. The summed E-state index contributed by atoms with van der Waals surface area (Å²) in [6, 6.07) is 9.05. The van der Waals surface area contributed by atoms with Crippen LogP contribution in [-0.4, -0.2) is 71.4 Å². The molecule has 0 spiro atoms. The predicted octanol–water partition coefficient (Wildman–Crippen LogP) is 2.12. The van der Waals surface area contributed by atoms with Gasteiger partial charge >= 0.3 is 17.9 Å². The lowest BCUT2D eigenvalue weighted by Crippen LogP contribution is -2.51. The predicted molar refractivity (Wildman–Crippen MR) is 131 cm³/mol. The molecular weight excluding hydrogens is 500 g/mol. The number of benzene rings is 2. The van der Waals surface area contributed by atoms with Gasteiger partial charge in [0.1, 0.15) is 12.2 Å². The fourth-order valence-corrected chi connectivity index (χ4v) is 4.32. The van der Waals surface area contributed by atoms with Crippen molar-refractivity contribution in [3.05, 3.63) is 59.7 Å². The van der Waals surface area contributed by atoms with Gasteiger partial charge in [0, 0.05) is 25.0 Å². The monoisotopic (exact) mass is 526 g/mol. The summed E-state index contributed by atoms with van der Waals surface area (Å²) in [4.78, 5) is 37.3. The number of rotatable bonds is 8. The molecule has 1 saturated heterocycles. The molecule has 1 heterocycles. The molecule has 38 heavy (non-hydrogen) atoms. The minimum atomic E-state index is -1.86. The van der Waals surface area contributed by atoms with Crippen LogP contribution < -0.4 is 9.47 Å². The number of carbonyl (C=O) groups is 3. The highest BCUT2D eigenvalue weighted by molar-refractivity contribution is 5.89. The molecule has 4 unspecified atom stereocenters. The highest BCUT2D eigenvalue weighted by atomic mass is 16.6. The highest BCUT2D eigenvalue weighted by Gasteiger charge is 2.60. The van der Waals surface area contributed by atoms with Gasteiger partial charge in [0.05, 0.1) is 14.2 Å². The minimum Gasteiger partial charge on any atom is -0.504 e. The van der Waals surface area contributed by atoms with Gasteiger partial charge in [-0.2, -0.15) is 0 Å². The number of phenolic OH excluding ortho intramolecular Hbond substituents is 2. The molecule has 1 aliphatic heterocycles. The Kier molecular flexibility index (Phi) is 7.58. The van der Waals surface area contributed by atoms with Crippen molar-refractivity contribution in [2.75, 3.05) is 14.2 Å². The molecule has 2 aliphatic rings. The van der Waals surface area contributed by atoms with Crippen LogP contribution in [0.5, 0.6) is 23.0 Å². The molecule has 1 aliphatic carbocycles. The van der Waals surface area contributed by atoms with Crippen molar-refractivity contribution >= 4 is 30.1 Å². The van der Waals surface area contributed by atoms with E-state index in [-0.39, 0.29) is 35.8 Å². The zero-order chi connectivity index (χ0) is 27.4. The van der Waals surface area contributed by atoms with E-state index in [4.69, 9.17) is 23.7 Å². The second-order valence-corrected chi connectivity index (χ2v) is 8.79. The highest BCUT2D eigenvalue weighted by Crippen LogP contribution is 2.41. The number of aromatic hydroxyl groups is 2. The molecule has 2 aromatic carbocycles. The lowest BCUT2D eigenvalue weighted by atomic mass is 9.82. The molecule has 1 saturated carbocycles. The largest absolute Gasteiger partial charge is 0.504 e. The Labute approximate surface area is 217 Å². The smallest absolute Gasteiger partial charge is 0.338 e. The summed E-state index contributed by atoms with van der Waals surface area (Å²) in [7, 11) is 2.82. The lowest BCUT2D eigenvalue weighted by Gasteiger charge is -2.35. The number of hydrogen-bond acceptors (Lipinski definition) is 11. The lowest BCUT2D eigenvalue weighted by molar-refractivity contribution is -0.178. The van der Waals surface area contributed by atoms with Crippen LogP contribution in [0.4, 0.5) is 0 Å². The van der Waals surface area contributed by atoms with Crippen LogP contribution in [-0.2, 0) is 28.6 Å². The van der Waals surface area contributed by atoms with Crippen LogP contribution in [0.25, 0.3) is 12.2 Å². The first-order valence-electron chi connectivity index (χ1n) is 11.6. The Morgan fingerprint density at radius 3 is 1.92 bits per heavy atom. The average molecular weight is 526 g/mol. The molecule has 0 amide bonds. The number of aliphatic hydroxyl groups is 1. The first-order chi connectivity index (χ1) is 18.1. The standard InChI is InChI=1S/C27H26O11/c1-34-19-7-3-15(11-17(19)28)5-9-23(30)36-21-13-27(33)14-22(37-26(27)32)25(21)38-24(31)10-6-16-4-8-20(35-2)18(29)12-16/h3-12,21-22,25,28-29,33H,13-14H2,1-2H3/b9-5+,10-6+. The molecule has 2 aromatic rings. The third kappa shape index (κ3) is 5.73. The number of methoxy groups -OCH3 is 2. The van der Waals surface area contributed by atoms with E-state index in [9.17, 15) is 29.7 Å². The van der Waals surface area contributed by atoms with Crippen LogP contribution in [0.3, 0.4) is 0 Å². The maximum atomic E-state index is 12.6. The van der Waals surface area contributed by atoms with E-state index < -0.39 is 41.8 Å². The van der Waals surface area contributed by atoms with Gasteiger partial charge in [0.2, 0.25) is 0 Å². The normalized spacial score (nSPS) is 24.3. The van der Waals surface area contributed by atoms with Crippen LogP contribution >= 0.6 is 0 Å². The Balaban J connectivity index is 1.45. The molecule has 11 heteroatoms. The fraction of sp³-hybridized carbons (Fsp3) is 0.296. The van der Waals surface area contributed by atoms with E-state index in [0.29, 0.717) is 11.1 Å². The summed E-state index contributed by atoms with van der Waals surface area (Å²) in [5.41, 5.74) is -0.887. The number of fused-ring (bicyclic) bond motifs is 2. The van der Waals surface area contributed by atoms with Crippen molar-refractivity contribution < 1.29 is 53.4 Å². The number of ether oxygens (including phenoxy) is 5. The molecule has 0 aromatic heterocycles. The van der Waals surface area contributed by atoms with Gasteiger partial charge in [0.15, 0.2) is 34.7 Å². The van der Waals surface area contributed by atoms with Gasteiger partial charge in [-0.1, -0.05) is 12.1 Å². The summed E-state index contributed by atoms with van der Waals surface area (Å²) in [6.45, 7) is 0. The number of esters is 3. The summed E-state index contributed by atoms with van der Waals surface area (Å²) >= 11 is 0. The van der Waals surface area contributed by atoms with E-state index in [0.717, 1.165) is 12.2 Å². The van der Waals surface area contributed by atoms with Gasteiger partial charge in [-0.3, -0.25) is 0 Å². The molecule has 2 fully saturated rings. The topological polar surface area (TPSA) is 158 Å². The van der Waals surface area contributed by atoms with E-state index >= 15 is 0 Å². The molecule has 200 valence electrons. The van der Waals surface area contributed by atoms with E-state index in [1.54, 1.807) is 12.1 Å². The molecular formula is C27H26O11. The third-order valence-corrected chi connectivity index (χ3v) is 6.20. The van der Waals surface area contributed by atoms with Crippen LogP contribution in [0.15, 0.2) is 48.6 Å². The molecule has 4 rings (SSSR count). The van der Waals surface area contributed by atoms with E-state index in [1.165, 1.54) is 50.6 Å². The zero-order valence-electron chi connectivity index (χ0n) is 20.5. The zero-order valence-corrected chi connectivity index (χ0v) is 20.5. The van der Waals surface area contributed by atoms with Crippen molar-refractivity contribution in [2.45, 2.75) is 36.8 Å². The van der Waals surface area contributed by atoms with Crippen molar-refractivity contribution in [3.63, 3.8) is 0 Å². The SMILES string of the molecule is COc1ccc(/C=C/C(=O)OC2CC3(O)CC(OC3=O)C2OC(=O)/C=C/c2ccc(OC)c(O)c2)cc1O. The molecule has 11 nitrogen and oxygen atoms in total. The van der Waals surface area contributed by atoms with Crippen LogP contribution in [0, 0.1) is 0 Å². The van der Waals surface area contributed by atoms with Crippen molar-refractivity contribution in [3.8, 4) is 23.0 Å². The summed E-state index contributed by atoms with van der Waals surface area (Å²) in [5.74, 6) is -2.22. The van der Waals surface area contributed by atoms with Gasteiger partial charge in [-0.05, 0) is 47.5 Å². The second-order valence-electron chi connectivity index (χ2n) is 8.79. The first-order valence-corrected chi connectivity index (χ1v) is 11.6. The first kappa shape index (κ1) is 26.6. The Morgan fingerprint density at radius 1 is 0.895 bits per heavy atom. The van der Waals surface area contributed by atoms with Gasteiger partial charge < -0.3 is 39.0 Å². The maximum absolute atomic E-state index is 12.6. The van der Waals surface area contributed by atoms with Gasteiger partial charge in [-0.15, -0.1) is 0 Å². The maximum Gasteiger partial charge on any atom is 0.338 e. The number of carbonyl (C=O) groups excluding carboxylic acids is 3. The minimum absolute atomic E-state index is 0.114. The van der Waals surface area contributed by atoms with E-state index in [2.05, 4.69) is 0 Å². The Morgan fingerprint density at radius 2 is 1.42 bits per heavy atom. The van der Waals surface area contributed by atoms with Crippen molar-refractivity contribution in [1.29, 1.82) is 0 Å². The molecule has 2 bridgehead atoms. The fourth-order valence-electron chi connectivity index (χ4n) is 4.32.